The van der Waals surface area contributed by atoms with Gasteiger partial charge in [0.15, 0.2) is 0 Å². The van der Waals surface area contributed by atoms with Crippen LogP contribution in [0.4, 0.5) is 10.1 Å². The minimum Gasteiger partial charge on any atom is -0.494 e. The van der Waals surface area contributed by atoms with E-state index in [-0.39, 0.29) is 11.9 Å². The molecule has 0 bridgehead atoms. The fourth-order valence-electron chi connectivity index (χ4n) is 4.74. The lowest BCUT2D eigenvalue weighted by molar-refractivity contribution is 0.285. The highest BCUT2D eigenvalue weighted by molar-refractivity contribution is 7.99. The van der Waals surface area contributed by atoms with E-state index in [9.17, 15) is 4.39 Å². The highest BCUT2D eigenvalue weighted by Crippen LogP contribution is 2.38. The number of anilines is 1. The Labute approximate surface area is 213 Å². The van der Waals surface area contributed by atoms with Gasteiger partial charge in [-0.25, -0.2) is 4.39 Å². The lowest BCUT2D eigenvalue weighted by atomic mass is 9.93. The molecule has 1 heterocycles. The van der Waals surface area contributed by atoms with E-state index in [1.165, 1.54) is 22.3 Å². The van der Waals surface area contributed by atoms with Crippen molar-refractivity contribution in [2.45, 2.75) is 53.0 Å². The van der Waals surface area contributed by atoms with Crippen molar-refractivity contribution in [2.24, 2.45) is 0 Å². The Morgan fingerprint density at radius 3 is 2.63 bits per heavy atom. The molecule has 3 nitrogen and oxygen atoms in total. The Balaban J connectivity index is 1.51. The maximum atomic E-state index is 14.5. The van der Waals surface area contributed by atoms with Crippen molar-refractivity contribution in [3.05, 3.63) is 76.6 Å². The average Bonchev–Trinajstić information content (AvgIpc) is 2.84. The molecular formula is C30H36FNO2S. The van der Waals surface area contributed by atoms with E-state index in [0.717, 1.165) is 53.7 Å². The lowest BCUT2D eigenvalue weighted by Gasteiger charge is -2.29. The largest absolute Gasteiger partial charge is 0.494 e. The molecule has 1 unspecified atom stereocenters. The molecule has 186 valence electrons. The summed E-state index contributed by atoms with van der Waals surface area (Å²) in [5.74, 6) is 3.78. The summed E-state index contributed by atoms with van der Waals surface area (Å²) in [6.07, 6.45) is 2.68. The average molecular weight is 494 g/mol. The zero-order valence-corrected chi connectivity index (χ0v) is 22.1. The highest BCUT2D eigenvalue weighted by atomic mass is 32.2. The molecule has 0 aliphatic carbocycles. The smallest absolute Gasteiger partial charge is 0.143 e. The van der Waals surface area contributed by atoms with Crippen LogP contribution in [0.25, 0.3) is 11.1 Å². The normalized spacial score (nSPS) is 14.7. The van der Waals surface area contributed by atoms with Gasteiger partial charge in [0.05, 0.1) is 18.3 Å². The van der Waals surface area contributed by atoms with E-state index in [0.29, 0.717) is 18.6 Å². The van der Waals surface area contributed by atoms with E-state index >= 15 is 0 Å². The van der Waals surface area contributed by atoms with Crippen LogP contribution >= 0.6 is 11.8 Å². The first-order valence-electron chi connectivity index (χ1n) is 12.6. The standard InChI is InChI=1S/C30H36FNO2S/c1-5-9-22-17-29-27(18-26(22)31)32-28(19-34-29)23-10-7-11-24(16-23)30-20(3)14-25(15-21(30)4)33-12-8-13-35-6-2/h7,10-11,14-18,28,32H,5-6,8-9,12-13,19H2,1-4H3. The molecule has 0 aromatic heterocycles. The molecule has 1 aliphatic heterocycles. The van der Waals surface area contributed by atoms with Crippen LogP contribution in [0.15, 0.2) is 48.5 Å². The van der Waals surface area contributed by atoms with Crippen LogP contribution in [0, 0.1) is 19.7 Å². The highest BCUT2D eigenvalue weighted by Gasteiger charge is 2.23. The fraction of sp³-hybridized carbons (Fsp3) is 0.400. The second-order valence-corrected chi connectivity index (χ2v) is 10.5. The molecule has 0 radical (unpaired) electrons. The fourth-order valence-corrected chi connectivity index (χ4v) is 5.35. The maximum absolute atomic E-state index is 14.5. The summed E-state index contributed by atoms with van der Waals surface area (Å²) in [5.41, 5.74) is 7.35. The molecule has 5 heteroatoms. The molecule has 1 atom stereocenters. The van der Waals surface area contributed by atoms with E-state index in [4.69, 9.17) is 9.47 Å². The summed E-state index contributed by atoms with van der Waals surface area (Å²) in [4.78, 5) is 0. The van der Waals surface area contributed by atoms with Gasteiger partial charge in [-0.3, -0.25) is 0 Å². The number of hydrogen-bond acceptors (Lipinski definition) is 4. The molecule has 1 aliphatic rings. The number of rotatable bonds is 10. The summed E-state index contributed by atoms with van der Waals surface area (Å²) >= 11 is 1.95. The number of halogens is 1. The summed E-state index contributed by atoms with van der Waals surface area (Å²) in [6.45, 7) is 9.78. The van der Waals surface area contributed by atoms with Crippen molar-refractivity contribution in [2.75, 3.05) is 30.0 Å². The number of aryl methyl sites for hydroxylation is 3. The van der Waals surface area contributed by atoms with E-state index in [1.807, 2.05) is 17.8 Å². The van der Waals surface area contributed by atoms with Crippen molar-refractivity contribution in [1.29, 1.82) is 0 Å². The van der Waals surface area contributed by atoms with Gasteiger partial charge in [-0.1, -0.05) is 38.5 Å². The summed E-state index contributed by atoms with van der Waals surface area (Å²) in [5, 5.41) is 3.49. The zero-order chi connectivity index (χ0) is 24.8. The van der Waals surface area contributed by atoms with Crippen LogP contribution in [0.1, 0.15) is 55.0 Å². The monoisotopic (exact) mass is 493 g/mol. The summed E-state index contributed by atoms with van der Waals surface area (Å²) in [6, 6.07) is 16.2. The number of nitrogens with one attached hydrogen (secondary N) is 1. The maximum Gasteiger partial charge on any atom is 0.143 e. The Bertz CT molecular complexity index is 1140. The van der Waals surface area contributed by atoms with E-state index in [2.05, 4.69) is 69.4 Å². The first-order valence-corrected chi connectivity index (χ1v) is 13.8. The lowest BCUT2D eigenvalue weighted by Crippen LogP contribution is -2.24. The predicted molar refractivity (Wildman–Crippen MR) is 147 cm³/mol. The van der Waals surface area contributed by atoms with Crippen LogP contribution in [0.3, 0.4) is 0 Å². The van der Waals surface area contributed by atoms with Crippen LogP contribution in [-0.4, -0.2) is 24.7 Å². The Morgan fingerprint density at radius 1 is 1.09 bits per heavy atom. The van der Waals surface area contributed by atoms with Gasteiger partial charge in [0.2, 0.25) is 0 Å². The van der Waals surface area contributed by atoms with Crippen molar-refractivity contribution in [3.63, 3.8) is 0 Å². The Morgan fingerprint density at radius 2 is 1.89 bits per heavy atom. The number of ether oxygens (including phenoxy) is 2. The van der Waals surface area contributed by atoms with E-state index in [1.54, 1.807) is 6.07 Å². The molecule has 0 spiro atoms. The van der Waals surface area contributed by atoms with Gasteiger partial charge in [0, 0.05) is 6.07 Å². The van der Waals surface area contributed by atoms with Gasteiger partial charge in [0.1, 0.15) is 23.9 Å². The topological polar surface area (TPSA) is 30.5 Å². The third-order valence-electron chi connectivity index (χ3n) is 6.39. The minimum absolute atomic E-state index is 0.0388. The van der Waals surface area contributed by atoms with Crippen LogP contribution in [0.5, 0.6) is 11.5 Å². The van der Waals surface area contributed by atoms with Crippen LogP contribution < -0.4 is 14.8 Å². The molecule has 4 rings (SSSR count). The van der Waals surface area contributed by atoms with Crippen molar-refractivity contribution in [3.8, 4) is 22.6 Å². The first kappa shape index (κ1) is 25.4. The molecule has 0 saturated carbocycles. The van der Waals surface area contributed by atoms with Crippen molar-refractivity contribution in [1.82, 2.24) is 0 Å². The molecule has 1 N–H and O–H groups in total. The SMILES string of the molecule is CCCc1cc2c(cc1F)NC(c1cccc(-c3c(C)cc(OCCCSCC)cc3C)c1)CO2. The quantitative estimate of drug-likeness (QED) is 0.289. The van der Waals surface area contributed by atoms with Crippen LogP contribution in [-0.2, 0) is 6.42 Å². The molecular weight excluding hydrogens is 457 g/mol. The van der Waals surface area contributed by atoms with Gasteiger partial charge >= 0.3 is 0 Å². The van der Waals surface area contributed by atoms with E-state index < -0.39 is 0 Å². The molecule has 3 aromatic rings. The first-order chi connectivity index (χ1) is 17.0. The number of benzene rings is 3. The van der Waals surface area contributed by atoms with Gasteiger partial charge in [-0.05, 0) is 95.8 Å². The Kier molecular flexibility index (Phi) is 8.61. The summed E-state index contributed by atoms with van der Waals surface area (Å²) < 4.78 is 26.6. The van der Waals surface area contributed by atoms with Crippen LogP contribution in [0.2, 0.25) is 0 Å². The zero-order valence-electron chi connectivity index (χ0n) is 21.2. The molecule has 0 amide bonds. The van der Waals surface area contributed by atoms with Crippen molar-refractivity contribution < 1.29 is 13.9 Å². The second kappa shape index (κ2) is 11.9. The van der Waals surface area contributed by atoms with Gasteiger partial charge in [-0.2, -0.15) is 11.8 Å². The van der Waals surface area contributed by atoms with Gasteiger partial charge in [0.25, 0.3) is 0 Å². The Hall–Kier alpha value is -2.66. The summed E-state index contributed by atoms with van der Waals surface area (Å²) in [7, 11) is 0. The third-order valence-corrected chi connectivity index (χ3v) is 7.38. The number of thioether (sulfide) groups is 1. The molecule has 3 aromatic carbocycles. The molecule has 0 saturated heterocycles. The molecule has 35 heavy (non-hydrogen) atoms. The number of fused-ring (bicyclic) bond motifs is 1. The molecule has 0 fully saturated rings. The van der Waals surface area contributed by atoms with Gasteiger partial charge < -0.3 is 14.8 Å². The minimum atomic E-state index is -0.172. The second-order valence-electron chi connectivity index (χ2n) is 9.15. The number of hydrogen-bond donors (Lipinski definition) is 1. The van der Waals surface area contributed by atoms with Gasteiger partial charge in [-0.15, -0.1) is 0 Å². The van der Waals surface area contributed by atoms with Crippen molar-refractivity contribution >= 4 is 17.4 Å². The third kappa shape index (κ3) is 6.13. The predicted octanol–water partition coefficient (Wildman–Crippen LogP) is 8.13.